The molecule has 2 aromatic rings. The monoisotopic (exact) mass is 329 g/mol. The minimum atomic E-state index is 0.518. The Bertz CT molecular complexity index is 648. The summed E-state index contributed by atoms with van der Waals surface area (Å²) in [4.78, 5) is 13.2. The van der Waals surface area contributed by atoms with Crippen LogP contribution in [0.1, 0.15) is 5.69 Å². The van der Waals surface area contributed by atoms with Crippen molar-refractivity contribution in [2.45, 2.75) is 6.54 Å². The summed E-state index contributed by atoms with van der Waals surface area (Å²) >= 11 is 5.94. The second-order valence-electron chi connectivity index (χ2n) is 5.45. The number of hydrogen-bond acceptors (Lipinski definition) is 3. The lowest BCUT2D eigenvalue weighted by molar-refractivity contribution is 0.380. The molecule has 23 heavy (non-hydrogen) atoms. The summed E-state index contributed by atoms with van der Waals surface area (Å²) in [6, 6.07) is 13.8. The molecule has 1 aromatic heterocycles. The van der Waals surface area contributed by atoms with Crippen LogP contribution in [-0.2, 0) is 6.54 Å². The smallest absolute Gasteiger partial charge is 0.191 e. The zero-order valence-corrected chi connectivity index (χ0v) is 13.7. The molecular formula is C17H20ClN5. The largest absolute Gasteiger partial charge is 0.370 e. The van der Waals surface area contributed by atoms with Gasteiger partial charge in [0.15, 0.2) is 5.96 Å². The second-order valence-corrected chi connectivity index (χ2v) is 5.88. The fourth-order valence-corrected chi connectivity index (χ4v) is 2.73. The number of rotatable bonds is 3. The van der Waals surface area contributed by atoms with Crippen LogP contribution in [0.3, 0.4) is 0 Å². The van der Waals surface area contributed by atoms with Crippen molar-refractivity contribution in [1.82, 2.24) is 9.88 Å². The lowest BCUT2D eigenvalue weighted by atomic mass is 10.2. The Hall–Kier alpha value is -2.27. The van der Waals surface area contributed by atoms with E-state index in [4.69, 9.17) is 17.3 Å². The van der Waals surface area contributed by atoms with Gasteiger partial charge in [0.1, 0.15) is 0 Å². The third kappa shape index (κ3) is 4.13. The Morgan fingerprint density at radius 3 is 2.48 bits per heavy atom. The zero-order valence-electron chi connectivity index (χ0n) is 12.9. The third-order valence-corrected chi connectivity index (χ3v) is 4.18. The van der Waals surface area contributed by atoms with Gasteiger partial charge in [-0.15, -0.1) is 0 Å². The van der Waals surface area contributed by atoms with Gasteiger partial charge in [-0.1, -0.05) is 17.7 Å². The molecule has 1 saturated heterocycles. The van der Waals surface area contributed by atoms with E-state index < -0.39 is 0 Å². The van der Waals surface area contributed by atoms with E-state index in [1.165, 1.54) is 5.69 Å². The van der Waals surface area contributed by atoms with Crippen molar-refractivity contribution in [1.29, 1.82) is 0 Å². The predicted octanol–water partition coefficient (Wildman–Crippen LogP) is 2.37. The molecular weight excluding hydrogens is 310 g/mol. The summed E-state index contributed by atoms with van der Waals surface area (Å²) in [6.45, 7) is 4.08. The van der Waals surface area contributed by atoms with Crippen molar-refractivity contribution in [3.05, 3.63) is 59.4 Å². The number of anilines is 1. The standard InChI is InChI=1S/C17H20ClN5/c18-14-4-6-16(7-5-14)22-9-11-23(12-10-22)17(19)21-13-15-3-1-2-8-20-15/h1-8H,9-13H2,(H2,19,21). The molecule has 0 amide bonds. The highest BCUT2D eigenvalue weighted by atomic mass is 35.5. The van der Waals surface area contributed by atoms with E-state index in [1.807, 2.05) is 30.3 Å². The van der Waals surface area contributed by atoms with Gasteiger partial charge in [-0.2, -0.15) is 0 Å². The van der Waals surface area contributed by atoms with E-state index in [2.05, 4.69) is 31.9 Å². The molecule has 0 radical (unpaired) electrons. The van der Waals surface area contributed by atoms with Gasteiger partial charge in [0.25, 0.3) is 0 Å². The molecule has 120 valence electrons. The van der Waals surface area contributed by atoms with E-state index in [9.17, 15) is 0 Å². The van der Waals surface area contributed by atoms with Gasteiger partial charge in [-0.05, 0) is 36.4 Å². The first-order valence-corrected chi connectivity index (χ1v) is 8.05. The number of hydrogen-bond donors (Lipinski definition) is 1. The van der Waals surface area contributed by atoms with Crippen LogP contribution in [0, 0.1) is 0 Å². The van der Waals surface area contributed by atoms with E-state index in [0.717, 1.165) is 36.9 Å². The zero-order chi connectivity index (χ0) is 16.1. The van der Waals surface area contributed by atoms with Gasteiger partial charge < -0.3 is 15.5 Å². The van der Waals surface area contributed by atoms with Gasteiger partial charge >= 0.3 is 0 Å². The molecule has 1 aliphatic rings. The molecule has 0 unspecified atom stereocenters. The highest BCUT2D eigenvalue weighted by Crippen LogP contribution is 2.19. The maximum Gasteiger partial charge on any atom is 0.191 e. The molecule has 0 bridgehead atoms. The van der Waals surface area contributed by atoms with Gasteiger partial charge in [-0.25, -0.2) is 4.99 Å². The number of halogens is 1. The summed E-state index contributed by atoms with van der Waals surface area (Å²) < 4.78 is 0. The molecule has 1 aromatic carbocycles. The molecule has 0 aliphatic carbocycles. The Morgan fingerprint density at radius 1 is 1.09 bits per heavy atom. The van der Waals surface area contributed by atoms with Crippen LogP contribution >= 0.6 is 11.6 Å². The van der Waals surface area contributed by atoms with Crippen LogP contribution in [0.2, 0.25) is 5.02 Å². The number of nitrogens with zero attached hydrogens (tertiary/aromatic N) is 4. The van der Waals surface area contributed by atoms with E-state index in [1.54, 1.807) is 6.20 Å². The molecule has 2 N–H and O–H groups in total. The third-order valence-electron chi connectivity index (χ3n) is 3.92. The van der Waals surface area contributed by atoms with E-state index in [-0.39, 0.29) is 0 Å². The minimum Gasteiger partial charge on any atom is -0.370 e. The highest BCUT2D eigenvalue weighted by molar-refractivity contribution is 6.30. The maximum absolute atomic E-state index is 6.11. The average Bonchev–Trinajstić information content (AvgIpc) is 2.61. The first kappa shape index (κ1) is 15.6. The fraction of sp³-hybridized carbons (Fsp3) is 0.294. The molecule has 2 heterocycles. The lowest BCUT2D eigenvalue weighted by Gasteiger charge is -2.36. The van der Waals surface area contributed by atoms with Crippen LogP contribution in [0.4, 0.5) is 5.69 Å². The Kier molecular flexibility index (Phi) is 4.98. The summed E-state index contributed by atoms with van der Waals surface area (Å²) in [5.41, 5.74) is 8.23. The number of pyridine rings is 1. The van der Waals surface area contributed by atoms with Crippen molar-refractivity contribution < 1.29 is 0 Å². The van der Waals surface area contributed by atoms with E-state index in [0.29, 0.717) is 12.5 Å². The van der Waals surface area contributed by atoms with Crippen molar-refractivity contribution in [2.75, 3.05) is 31.1 Å². The van der Waals surface area contributed by atoms with Gasteiger partial charge in [-0.3, -0.25) is 4.98 Å². The molecule has 1 aliphatic heterocycles. The van der Waals surface area contributed by atoms with E-state index >= 15 is 0 Å². The molecule has 0 saturated carbocycles. The summed E-state index contributed by atoms with van der Waals surface area (Å²) in [7, 11) is 0. The normalized spacial score (nSPS) is 15.8. The van der Waals surface area contributed by atoms with Crippen LogP contribution in [0.5, 0.6) is 0 Å². The number of benzene rings is 1. The van der Waals surface area contributed by atoms with Gasteiger partial charge in [0.05, 0.1) is 12.2 Å². The summed E-state index contributed by atoms with van der Waals surface area (Å²) in [6.07, 6.45) is 1.77. The first-order valence-electron chi connectivity index (χ1n) is 7.68. The summed E-state index contributed by atoms with van der Waals surface area (Å²) in [5, 5.41) is 0.762. The van der Waals surface area contributed by atoms with Gasteiger partial charge in [0, 0.05) is 43.1 Å². The lowest BCUT2D eigenvalue weighted by Crippen LogP contribution is -2.51. The number of piperazine rings is 1. The quantitative estimate of drug-likeness (QED) is 0.694. The predicted molar refractivity (Wildman–Crippen MR) is 94.8 cm³/mol. The molecule has 0 spiro atoms. The topological polar surface area (TPSA) is 57.8 Å². The SMILES string of the molecule is NC(=NCc1ccccn1)N1CCN(c2ccc(Cl)cc2)CC1. The fourth-order valence-electron chi connectivity index (χ4n) is 2.60. The molecule has 1 fully saturated rings. The minimum absolute atomic E-state index is 0.518. The molecule has 5 nitrogen and oxygen atoms in total. The van der Waals surface area contributed by atoms with Crippen LogP contribution < -0.4 is 10.6 Å². The Morgan fingerprint density at radius 2 is 1.83 bits per heavy atom. The van der Waals surface area contributed by atoms with Crippen molar-refractivity contribution in [2.24, 2.45) is 10.7 Å². The van der Waals surface area contributed by atoms with Crippen LogP contribution in [0.15, 0.2) is 53.7 Å². The first-order chi connectivity index (χ1) is 11.2. The van der Waals surface area contributed by atoms with Crippen LogP contribution in [0.25, 0.3) is 0 Å². The van der Waals surface area contributed by atoms with Crippen molar-refractivity contribution >= 4 is 23.2 Å². The van der Waals surface area contributed by atoms with Crippen LogP contribution in [-0.4, -0.2) is 42.0 Å². The van der Waals surface area contributed by atoms with Crippen molar-refractivity contribution in [3.8, 4) is 0 Å². The Balaban J connectivity index is 1.54. The average molecular weight is 330 g/mol. The second kappa shape index (κ2) is 7.33. The number of aliphatic imine (C=N–C) groups is 1. The number of guanidine groups is 1. The number of nitrogens with two attached hydrogens (primary N) is 1. The molecule has 6 heteroatoms. The summed E-state index contributed by atoms with van der Waals surface area (Å²) in [5.74, 6) is 0.589. The molecule has 0 atom stereocenters. The highest BCUT2D eigenvalue weighted by Gasteiger charge is 2.18. The maximum atomic E-state index is 6.11. The number of aromatic nitrogens is 1. The van der Waals surface area contributed by atoms with Gasteiger partial charge in [0.2, 0.25) is 0 Å². The Labute approximate surface area is 141 Å². The van der Waals surface area contributed by atoms with Crippen molar-refractivity contribution in [3.63, 3.8) is 0 Å². The molecule has 3 rings (SSSR count).